The van der Waals surface area contributed by atoms with Crippen LogP contribution in [0, 0.1) is 0 Å². The highest BCUT2D eigenvalue weighted by Gasteiger charge is 2.13. The van der Waals surface area contributed by atoms with Crippen molar-refractivity contribution >= 4 is 22.6 Å². The van der Waals surface area contributed by atoms with Crippen LogP contribution in [0.3, 0.4) is 0 Å². The summed E-state index contributed by atoms with van der Waals surface area (Å²) in [5.74, 6) is -0.422. The number of carbonyl (C=O) groups excluding carboxylic acids is 1. The molecule has 0 aliphatic carbocycles. The summed E-state index contributed by atoms with van der Waals surface area (Å²) in [5.41, 5.74) is 6.82. The molecule has 5 heteroatoms. The lowest BCUT2D eigenvalue weighted by Gasteiger charge is -1.98. The lowest BCUT2D eigenvalue weighted by molar-refractivity contribution is -0.0148. The van der Waals surface area contributed by atoms with Gasteiger partial charge in [-0.15, -0.1) is 0 Å². The number of anilines is 1. The van der Waals surface area contributed by atoms with E-state index in [1.165, 1.54) is 7.11 Å². The van der Waals surface area contributed by atoms with Gasteiger partial charge in [0.2, 0.25) is 5.76 Å². The monoisotopic (exact) mass is 221 g/mol. The fourth-order valence-corrected chi connectivity index (χ4v) is 1.35. The maximum Gasteiger partial charge on any atom is 0.376 e. The summed E-state index contributed by atoms with van der Waals surface area (Å²) >= 11 is 0. The van der Waals surface area contributed by atoms with E-state index in [2.05, 4.69) is 4.74 Å². The summed E-state index contributed by atoms with van der Waals surface area (Å²) in [7, 11) is 1.44. The zero-order chi connectivity index (χ0) is 11.5. The molecular weight excluding hydrogens is 210 g/mol. The molecular formula is C11H11NO4. The van der Waals surface area contributed by atoms with Crippen molar-refractivity contribution in [1.29, 1.82) is 0 Å². The second-order valence-corrected chi connectivity index (χ2v) is 3.25. The van der Waals surface area contributed by atoms with Crippen molar-refractivity contribution in [2.45, 2.75) is 0 Å². The van der Waals surface area contributed by atoms with Gasteiger partial charge in [-0.05, 0) is 24.3 Å². The van der Waals surface area contributed by atoms with Crippen molar-refractivity contribution < 1.29 is 18.7 Å². The average molecular weight is 221 g/mol. The number of methoxy groups -OCH3 is 1. The SMILES string of the molecule is COCOC(=O)c1cc2cc(N)ccc2o1. The number of benzene rings is 1. The van der Waals surface area contributed by atoms with E-state index >= 15 is 0 Å². The molecule has 2 aromatic rings. The molecule has 1 aromatic heterocycles. The molecule has 16 heavy (non-hydrogen) atoms. The minimum Gasteiger partial charge on any atom is -0.449 e. The molecule has 2 N–H and O–H groups in total. The molecule has 5 nitrogen and oxygen atoms in total. The summed E-state index contributed by atoms with van der Waals surface area (Å²) in [4.78, 5) is 11.4. The zero-order valence-corrected chi connectivity index (χ0v) is 8.73. The van der Waals surface area contributed by atoms with Crippen LogP contribution in [0.4, 0.5) is 5.69 Å². The number of nitrogen functional groups attached to an aromatic ring is 1. The summed E-state index contributed by atoms with van der Waals surface area (Å²) in [6, 6.07) is 6.73. The van der Waals surface area contributed by atoms with Gasteiger partial charge >= 0.3 is 5.97 Å². The van der Waals surface area contributed by atoms with Crippen LogP contribution in [-0.4, -0.2) is 19.9 Å². The Kier molecular flexibility index (Phi) is 2.78. The molecule has 0 atom stereocenters. The van der Waals surface area contributed by atoms with Crippen molar-refractivity contribution in [1.82, 2.24) is 0 Å². The van der Waals surface area contributed by atoms with Gasteiger partial charge in [-0.3, -0.25) is 0 Å². The second kappa shape index (κ2) is 4.24. The Bertz CT molecular complexity index is 518. The molecule has 2 rings (SSSR count). The van der Waals surface area contributed by atoms with Crippen molar-refractivity contribution in [3.05, 3.63) is 30.0 Å². The highest BCUT2D eigenvalue weighted by Crippen LogP contribution is 2.22. The number of furan rings is 1. The summed E-state index contributed by atoms with van der Waals surface area (Å²) < 4.78 is 14.7. The molecule has 1 heterocycles. The normalized spacial score (nSPS) is 10.6. The highest BCUT2D eigenvalue weighted by atomic mass is 16.7. The van der Waals surface area contributed by atoms with Gasteiger partial charge in [0, 0.05) is 18.2 Å². The molecule has 84 valence electrons. The van der Waals surface area contributed by atoms with Gasteiger partial charge in [-0.2, -0.15) is 0 Å². The first kappa shape index (κ1) is 10.5. The quantitative estimate of drug-likeness (QED) is 0.485. The van der Waals surface area contributed by atoms with E-state index in [9.17, 15) is 4.79 Å². The number of fused-ring (bicyclic) bond motifs is 1. The minimum atomic E-state index is -0.559. The topological polar surface area (TPSA) is 74.7 Å². The maximum atomic E-state index is 11.4. The Balaban J connectivity index is 2.28. The fourth-order valence-electron chi connectivity index (χ4n) is 1.35. The van der Waals surface area contributed by atoms with Crippen molar-refractivity contribution in [2.75, 3.05) is 19.6 Å². The smallest absolute Gasteiger partial charge is 0.376 e. The molecule has 0 spiro atoms. The van der Waals surface area contributed by atoms with E-state index in [1.54, 1.807) is 24.3 Å². The van der Waals surface area contributed by atoms with Crippen LogP contribution in [0.2, 0.25) is 0 Å². The molecule has 0 fully saturated rings. The highest BCUT2D eigenvalue weighted by molar-refractivity contribution is 5.93. The first-order valence-electron chi connectivity index (χ1n) is 4.66. The lowest BCUT2D eigenvalue weighted by atomic mass is 10.2. The van der Waals surface area contributed by atoms with E-state index < -0.39 is 5.97 Å². The number of hydrogen-bond acceptors (Lipinski definition) is 5. The first-order chi connectivity index (χ1) is 7.70. The second-order valence-electron chi connectivity index (χ2n) is 3.25. The summed E-state index contributed by atoms with van der Waals surface area (Å²) in [6.07, 6.45) is 0. The number of carbonyl (C=O) groups is 1. The number of rotatable bonds is 3. The predicted octanol–water partition coefficient (Wildman–Crippen LogP) is 1.78. The third-order valence-electron chi connectivity index (χ3n) is 2.05. The Morgan fingerprint density at radius 1 is 1.44 bits per heavy atom. The van der Waals surface area contributed by atoms with Crippen LogP contribution in [-0.2, 0) is 9.47 Å². The largest absolute Gasteiger partial charge is 0.449 e. The number of hydrogen-bond donors (Lipinski definition) is 1. The predicted molar refractivity (Wildman–Crippen MR) is 57.9 cm³/mol. The van der Waals surface area contributed by atoms with Gasteiger partial charge in [0.1, 0.15) is 5.58 Å². The molecule has 0 unspecified atom stereocenters. The number of nitrogens with two attached hydrogens (primary N) is 1. The van der Waals surface area contributed by atoms with Crippen LogP contribution in [0.1, 0.15) is 10.6 Å². The number of esters is 1. The maximum absolute atomic E-state index is 11.4. The standard InChI is InChI=1S/C11H11NO4/c1-14-6-15-11(13)10-5-7-4-8(12)2-3-9(7)16-10/h2-5H,6,12H2,1H3. The van der Waals surface area contributed by atoms with Crippen LogP contribution in [0.5, 0.6) is 0 Å². The fraction of sp³-hybridized carbons (Fsp3) is 0.182. The minimum absolute atomic E-state index is 0.0992. The van der Waals surface area contributed by atoms with Crippen LogP contribution < -0.4 is 5.73 Å². The molecule has 0 aliphatic heterocycles. The zero-order valence-electron chi connectivity index (χ0n) is 8.73. The number of ether oxygens (including phenoxy) is 2. The van der Waals surface area contributed by atoms with Crippen LogP contribution in [0.15, 0.2) is 28.7 Å². The molecule has 0 saturated carbocycles. The third-order valence-corrected chi connectivity index (χ3v) is 2.05. The Hall–Kier alpha value is -2.01. The van der Waals surface area contributed by atoms with Gasteiger partial charge in [-0.1, -0.05) is 0 Å². The molecule has 1 aromatic carbocycles. The Morgan fingerprint density at radius 2 is 2.25 bits per heavy atom. The van der Waals surface area contributed by atoms with Gasteiger partial charge in [0.05, 0.1) is 0 Å². The van der Waals surface area contributed by atoms with Gasteiger partial charge in [0.25, 0.3) is 0 Å². The van der Waals surface area contributed by atoms with E-state index in [0.29, 0.717) is 11.3 Å². The van der Waals surface area contributed by atoms with Gasteiger partial charge in [-0.25, -0.2) is 4.79 Å². The van der Waals surface area contributed by atoms with Crippen molar-refractivity contribution in [3.8, 4) is 0 Å². The molecule has 0 aliphatic rings. The van der Waals surface area contributed by atoms with E-state index in [-0.39, 0.29) is 12.6 Å². The van der Waals surface area contributed by atoms with E-state index in [0.717, 1.165) is 5.39 Å². The lowest BCUT2D eigenvalue weighted by Crippen LogP contribution is -2.05. The van der Waals surface area contributed by atoms with Gasteiger partial charge < -0.3 is 19.6 Å². The molecule has 0 amide bonds. The van der Waals surface area contributed by atoms with E-state index in [1.807, 2.05) is 0 Å². The van der Waals surface area contributed by atoms with Gasteiger partial charge in [0.15, 0.2) is 6.79 Å². The molecule has 0 radical (unpaired) electrons. The average Bonchev–Trinajstić information content (AvgIpc) is 2.68. The molecule has 0 bridgehead atoms. The summed E-state index contributed by atoms with van der Waals surface area (Å²) in [5, 5.41) is 0.768. The van der Waals surface area contributed by atoms with Crippen LogP contribution >= 0.6 is 0 Å². The van der Waals surface area contributed by atoms with Crippen molar-refractivity contribution in [2.24, 2.45) is 0 Å². The summed E-state index contributed by atoms with van der Waals surface area (Å²) in [6.45, 7) is -0.0992. The van der Waals surface area contributed by atoms with Crippen molar-refractivity contribution in [3.63, 3.8) is 0 Å². The van der Waals surface area contributed by atoms with E-state index in [4.69, 9.17) is 14.9 Å². The molecule has 0 saturated heterocycles. The third kappa shape index (κ3) is 1.99. The Morgan fingerprint density at radius 3 is 3.00 bits per heavy atom. The first-order valence-corrected chi connectivity index (χ1v) is 4.66. The van der Waals surface area contributed by atoms with Crippen LogP contribution in [0.25, 0.3) is 11.0 Å². The Labute approximate surface area is 91.7 Å².